The molecule has 162 valence electrons. The van der Waals surface area contributed by atoms with Crippen molar-refractivity contribution in [2.24, 2.45) is 5.92 Å². The molecule has 0 aliphatic heterocycles. The molecular formula is C28H27FN2O. The van der Waals surface area contributed by atoms with Crippen LogP contribution < -0.4 is 0 Å². The van der Waals surface area contributed by atoms with Crippen molar-refractivity contribution in [3.63, 3.8) is 0 Å². The molecule has 1 aliphatic rings. The first kappa shape index (κ1) is 21.8. The van der Waals surface area contributed by atoms with Gasteiger partial charge in [-0.2, -0.15) is 5.26 Å². The predicted octanol–water partition coefficient (Wildman–Crippen LogP) is 6.36. The maximum Gasteiger partial charge on any atom is 0.253 e. The summed E-state index contributed by atoms with van der Waals surface area (Å²) in [5.74, 6) is 1.04. The Kier molecular flexibility index (Phi) is 6.10. The molecule has 0 spiro atoms. The van der Waals surface area contributed by atoms with E-state index in [1.54, 1.807) is 29.2 Å². The first-order valence-electron chi connectivity index (χ1n) is 11.0. The number of halogens is 1. The Hall–Kier alpha value is -3.45. The predicted molar refractivity (Wildman–Crippen MR) is 125 cm³/mol. The highest BCUT2D eigenvalue weighted by Crippen LogP contribution is 2.48. The molecule has 3 nitrogen and oxygen atoms in total. The van der Waals surface area contributed by atoms with Gasteiger partial charge in [0.25, 0.3) is 5.91 Å². The van der Waals surface area contributed by atoms with E-state index in [2.05, 4.69) is 38.1 Å². The molecule has 0 saturated carbocycles. The van der Waals surface area contributed by atoms with Gasteiger partial charge in [0.05, 0.1) is 11.6 Å². The topological polar surface area (TPSA) is 44.1 Å². The summed E-state index contributed by atoms with van der Waals surface area (Å²) in [6.45, 7) is 5.22. The van der Waals surface area contributed by atoms with Gasteiger partial charge in [-0.25, -0.2) is 4.39 Å². The van der Waals surface area contributed by atoms with E-state index in [-0.39, 0.29) is 11.7 Å². The second-order valence-corrected chi connectivity index (χ2v) is 8.81. The van der Waals surface area contributed by atoms with Crippen LogP contribution >= 0.6 is 0 Å². The molecule has 1 amide bonds. The van der Waals surface area contributed by atoms with Gasteiger partial charge in [0, 0.05) is 19.2 Å². The van der Waals surface area contributed by atoms with Crippen LogP contribution in [0.4, 0.5) is 4.39 Å². The van der Waals surface area contributed by atoms with Crippen LogP contribution in [0.15, 0.2) is 66.7 Å². The summed E-state index contributed by atoms with van der Waals surface area (Å²) in [6.07, 6.45) is 0.896. The molecule has 0 heterocycles. The molecule has 0 N–H and O–H groups in total. The van der Waals surface area contributed by atoms with Gasteiger partial charge in [-0.3, -0.25) is 4.79 Å². The molecule has 3 atom stereocenters. The summed E-state index contributed by atoms with van der Waals surface area (Å²) < 4.78 is 13.3. The van der Waals surface area contributed by atoms with Crippen LogP contribution in [-0.4, -0.2) is 24.4 Å². The fourth-order valence-corrected chi connectivity index (χ4v) is 4.80. The molecule has 4 rings (SSSR count). The molecular weight excluding hydrogens is 399 g/mol. The third-order valence-corrected chi connectivity index (χ3v) is 6.96. The lowest BCUT2D eigenvalue weighted by molar-refractivity contribution is 0.0788. The Morgan fingerprint density at radius 1 is 0.969 bits per heavy atom. The number of fused-ring (bicyclic) bond motifs is 1. The molecule has 0 bridgehead atoms. The summed E-state index contributed by atoms with van der Waals surface area (Å²) in [7, 11) is 1.84. The average molecular weight is 427 g/mol. The zero-order chi connectivity index (χ0) is 22.8. The van der Waals surface area contributed by atoms with Gasteiger partial charge < -0.3 is 4.90 Å². The zero-order valence-corrected chi connectivity index (χ0v) is 18.7. The number of nitriles is 1. The van der Waals surface area contributed by atoms with Crippen LogP contribution in [0.5, 0.6) is 0 Å². The van der Waals surface area contributed by atoms with Gasteiger partial charge in [0.1, 0.15) is 5.82 Å². The van der Waals surface area contributed by atoms with E-state index >= 15 is 0 Å². The van der Waals surface area contributed by atoms with E-state index < -0.39 is 0 Å². The first-order valence-corrected chi connectivity index (χ1v) is 11.0. The lowest BCUT2D eigenvalue weighted by Gasteiger charge is -2.23. The highest BCUT2D eigenvalue weighted by atomic mass is 19.1. The van der Waals surface area contributed by atoms with E-state index in [1.165, 1.54) is 23.3 Å². The normalized spacial score (nSPS) is 19.3. The number of benzene rings is 3. The third-order valence-electron chi connectivity index (χ3n) is 6.96. The number of rotatable bonds is 5. The van der Waals surface area contributed by atoms with Crippen molar-refractivity contribution in [2.45, 2.75) is 32.1 Å². The summed E-state index contributed by atoms with van der Waals surface area (Å²) in [6, 6.07) is 22.1. The van der Waals surface area contributed by atoms with Crippen molar-refractivity contribution >= 4 is 5.91 Å². The molecule has 3 aromatic carbocycles. The SMILES string of the molecule is CC1c2cc(-c3ccc(F)cc3)ccc2C(CCN(C)C(=O)c2ccc(C#N)cc2)[C@@H]1C. The average Bonchev–Trinajstić information content (AvgIpc) is 3.06. The second-order valence-electron chi connectivity index (χ2n) is 8.81. The Morgan fingerprint density at radius 2 is 1.62 bits per heavy atom. The van der Waals surface area contributed by atoms with E-state index in [4.69, 9.17) is 5.26 Å². The minimum Gasteiger partial charge on any atom is -0.342 e. The Bertz CT molecular complexity index is 1160. The second kappa shape index (κ2) is 8.96. The third kappa shape index (κ3) is 4.16. The fraction of sp³-hybridized carbons (Fsp3) is 0.286. The molecule has 2 unspecified atom stereocenters. The van der Waals surface area contributed by atoms with Crippen molar-refractivity contribution in [1.29, 1.82) is 5.26 Å². The van der Waals surface area contributed by atoms with Crippen molar-refractivity contribution in [1.82, 2.24) is 4.90 Å². The van der Waals surface area contributed by atoms with E-state index in [0.29, 0.717) is 35.4 Å². The standard InChI is InChI=1S/C28H27FN2O/c1-18-19(2)27-16-23(21-8-11-24(29)12-9-21)10-13-26(27)25(18)14-15-31(3)28(32)22-6-4-20(17-30)5-7-22/h4-13,16,18-19,25H,14-15H2,1-3H3/t18-,19?,25?/m1/s1. The van der Waals surface area contributed by atoms with Crippen molar-refractivity contribution in [3.05, 3.63) is 94.8 Å². The Labute approximate surface area is 189 Å². The summed E-state index contributed by atoms with van der Waals surface area (Å²) >= 11 is 0. The lowest BCUT2D eigenvalue weighted by atomic mass is 9.87. The quantitative estimate of drug-likeness (QED) is 0.476. The van der Waals surface area contributed by atoms with Gasteiger partial charge in [0.15, 0.2) is 0 Å². The van der Waals surface area contributed by atoms with E-state index in [1.807, 2.05) is 19.2 Å². The van der Waals surface area contributed by atoms with Crippen LogP contribution in [0.25, 0.3) is 11.1 Å². The molecule has 1 aliphatic carbocycles. The smallest absolute Gasteiger partial charge is 0.253 e. The van der Waals surface area contributed by atoms with Gasteiger partial charge in [-0.05, 0) is 82.8 Å². The Morgan fingerprint density at radius 3 is 2.28 bits per heavy atom. The maximum atomic E-state index is 13.3. The maximum absolute atomic E-state index is 13.3. The van der Waals surface area contributed by atoms with Crippen molar-refractivity contribution in [3.8, 4) is 17.2 Å². The number of hydrogen-bond acceptors (Lipinski definition) is 2. The zero-order valence-electron chi connectivity index (χ0n) is 18.7. The van der Waals surface area contributed by atoms with Crippen LogP contribution in [0.2, 0.25) is 0 Å². The molecule has 0 radical (unpaired) electrons. The van der Waals surface area contributed by atoms with Crippen molar-refractivity contribution < 1.29 is 9.18 Å². The van der Waals surface area contributed by atoms with Gasteiger partial charge in [0.2, 0.25) is 0 Å². The minimum absolute atomic E-state index is 0.0277. The Balaban J connectivity index is 1.48. The van der Waals surface area contributed by atoms with Gasteiger partial charge in [-0.15, -0.1) is 0 Å². The molecule has 4 heteroatoms. The summed E-state index contributed by atoms with van der Waals surface area (Å²) in [4.78, 5) is 14.5. The number of amides is 1. The summed E-state index contributed by atoms with van der Waals surface area (Å²) in [5.41, 5.74) is 5.99. The fourth-order valence-electron chi connectivity index (χ4n) is 4.80. The minimum atomic E-state index is -0.225. The molecule has 0 saturated heterocycles. The number of nitrogens with zero attached hydrogens (tertiary/aromatic N) is 2. The van der Waals surface area contributed by atoms with Crippen LogP contribution in [0.1, 0.15) is 59.2 Å². The first-order chi connectivity index (χ1) is 15.4. The largest absolute Gasteiger partial charge is 0.342 e. The van der Waals surface area contributed by atoms with Gasteiger partial charge in [-0.1, -0.05) is 44.2 Å². The molecule has 0 fully saturated rings. The molecule has 3 aromatic rings. The van der Waals surface area contributed by atoms with Crippen LogP contribution in [-0.2, 0) is 0 Å². The van der Waals surface area contributed by atoms with Gasteiger partial charge >= 0.3 is 0 Å². The van der Waals surface area contributed by atoms with Crippen molar-refractivity contribution in [2.75, 3.05) is 13.6 Å². The number of carbonyl (C=O) groups excluding carboxylic acids is 1. The monoisotopic (exact) mass is 426 g/mol. The highest BCUT2D eigenvalue weighted by Gasteiger charge is 2.35. The highest BCUT2D eigenvalue weighted by molar-refractivity contribution is 5.94. The number of carbonyl (C=O) groups is 1. The van der Waals surface area contributed by atoms with Crippen LogP contribution in [0.3, 0.4) is 0 Å². The molecule has 32 heavy (non-hydrogen) atoms. The van der Waals surface area contributed by atoms with E-state index in [9.17, 15) is 9.18 Å². The van der Waals surface area contributed by atoms with Crippen LogP contribution in [0, 0.1) is 23.1 Å². The lowest BCUT2D eigenvalue weighted by Crippen LogP contribution is -2.29. The van der Waals surface area contributed by atoms with E-state index in [0.717, 1.165) is 17.5 Å². The molecule has 0 aromatic heterocycles. The number of hydrogen-bond donors (Lipinski definition) is 0. The summed E-state index contributed by atoms with van der Waals surface area (Å²) in [5, 5.41) is 8.94.